The van der Waals surface area contributed by atoms with Gasteiger partial charge in [0.25, 0.3) is 0 Å². The van der Waals surface area contributed by atoms with Crippen LogP contribution in [0, 0.1) is 5.92 Å². The number of benzene rings is 2. The second kappa shape index (κ2) is 11.2. The summed E-state index contributed by atoms with van der Waals surface area (Å²) in [7, 11) is -3.61. The third-order valence-corrected chi connectivity index (χ3v) is 10.5. The largest absolute Gasteiger partial charge is 0.371 e. The van der Waals surface area contributed by atoms with Crippen molar-refractivity contribution < 1.29 is 16.8 Å². The van der Waals surface area contributed by atoms with Crippen molar-refractivity contribution in [2.75, 3.05) is 32.1 Å². The highest BCUT2D eigenvalue weighted by Gasteiger charge is 2.31. The maximum atomic E-state index is 13.1. The lowest BCUT2D eigenvalue weighted by molar-refractivity contribution is 0.476. The van der Waals surface area contributed by atoms with Crippen LogP contribution < -0.4 is 9.62 Å². The van der Waals surface area contributed by atoms with Crippen LogP contribution in [0.15, 0.2) is 54.6 Å². The van der Waals surface area contributed by atoms with Crippen LogP contribution in [0.2, 0.25) is 0 Å². The molecule has 0 amide bonds. The molecule has 0 aliphatic carbocycles. The van der Waals surface area contributed by atoms with Gasteiger partial charge in [-0.25, -0.2) is 25.9 Å². The molecule has 1 saturated heterocycles. The van der Waals surface area contributed by atoms with Gasteiger partial charge in [-0.15, -0.1) is 0 Å². The Morgan fingerprint density at radius 1 is 0.941 bits per heavy atom. The van der Waals surface area contributed by atoms with Crippen LogP contribution in [0.5, 0.6) is 0 Å². The molecule has 1 aliphatic heterocycles. The molecule has 34 heavy (non-hydrogen) atoms. The van der Waals surface area contributed by atoms with Gasteiger partial charge in [-0.1, -0.05) is 56.3 Å². The van der Waals surface area contributed by atoms with Crippen molar-refractivity contribution in [3.05, 3.63) is 65.7 Å². The molecule has 9 heteroatoms. The van der Waals surface area contributed by atoms with Crippen LogP contribution in [0.1, 0.15) is 49.5 Å². The lowest BCUT2D eigenvalue weighted by Gasteiger charge is -2.34. The van der Waals surface area contributed by atoms with E-state index in [0.717, 1.165) is 16.8 Å². The summed E-state index contributed by atoms with van der Waals surface area (Å²) in [5, 5.41) is -0.927. The summed E-state index contributed by atoms with van der Waals surface area (Å²) in [6, 6.07) is 17.2. The topological polar surface area (TPSA) is 86.8 Å². The standard InChI is InChI=1S/C25H37N3O4S2/c1-20(2)18-25(22-8-6-5-7-9-22)33(29,30)26-19-21-10-12-23(13-11-21)28-16-14-24(15-17-28)34(31,32)27(3)4/h5-13,20,24-26H,14-19H2,1-4H3. The Hall–Kier alpha value is -1.94. The van der Waals surface area contributed by atoms with Crippen LogP contribution in [-0.4, -0.2) is 53.6 Å². The number of nitrogens with one attached hydrogen (secondary N) is 1. The molecule has 0 saturated carbocycles. The van der Waals surface area contributed by atoms with Crippen molar-refractivity contribution in [2.45, 2.75) is 50.2 Å². The molecule has 0 radical (unpaired) electrons. The zero-order chi connectivity index (χ0) is 24.9. The predicted molar refractivity (Wildman–Crippen MR) is 139 cm³/mol. The van der Waals surface area contributed by atoms with Gasteiger partial charge < -0.3 is 4.90 Å². The number of rotatable bonds is 10. The number of anilines is 1. The van der Waals surface area contributed by atoms with Crippen molar-refractivity contribution >= 4 is 25.7 Å². The first-order valence-corrected chi connectivity index (χ1v) is 14.8. The third-order valence-electron chi connectivity index (χ3n) is 6.38. The molecule has 1 atom stereocenters. The Bertz CT molecular complexity index is 1120. The van der Waals surface area contributed by atoms with E-state index in [1.807, 2.05) is 68.4 Å². The summed E-state index contributed by atoms with van der Waals surface area (Å²) >= 11 is 0. The molecule has 1 N–H and O–H groups in total. The minimum atomic E-state index is -3.55. The first kappa shape index (κ1) is 26.7. The van der Waals surface area contributed by atoms with E-state index < -0.39 is 25.3 Å². The molecule has 1 unspecified atom stereocenters. The lowest BCUT2D eigenvalue weighted by atomic mass is 10.0. The van der Waals surface area contributed by atoms with Crippen molar-refractivity contribution in [1.82, 2.24) is 9.03 Å². The van der Waals surface area contributed by atoms with Crippen molar-refractivity contribution in [1.29, 1.82) is 0 Å². The van der Waals surface area contributed by atoms with Crippen LogP contribution in [0.3, 0.4) is 0 Å². The van der Waals surface area contributed by atoms with Crippen molar-refractivity contribution in [3.63, 3.8) is 0 Å². The van der Waals surface area contributed by atoms with E-state index in [-0.39, 0.29) is 17.7 Å². The van der Waals surface area contributed by atoms with E-state index in [1.165, 1.54) is 4.31 Å². The van der Waals surface area contributed by atoms with Crippen molar-refractivity contribution in [2.24, 2.45) is 5.92 Å². The monoisotopic (exact) mass is 507 g/mol. The molecule has 1 aliphatic rings. The lowest BCUT2D eigenvalue weighted by Crippen LogP contribution is -2.43. The second-order valence-electron chi connectivity index (χ2n) is 9.58. The van der Waals surface area contributed by atoms with Crippen LogP contribution in [-0.2, 0) is 26.6 Å². The molecule has 1 heterocycles. The number of hydrogen-bond acceptors (Lipinski definition) is 5. The van der Waals surface area contributed by atoms with Gasteiger partial charge in [0.15, 0.2) is 0 Å². The van der Waals surface area contributed by atoms with Gasteiger partial charge in [0.2, 0.25) is 20.0 Å². The maximum absolute atomic E-state index is 13.1. The Morgan fingerprint density at radius 2 is 1.53 bits per heavy atom. The molecule has 3 rings (SSSR count). The zero-order valence-corrected chi connectivity index (χ0v) is 22.1. The van der Waals surface area contributed by atoms with Gasteiger partial charge in [0.1, 0.15) is 5.25 Å². The number of sulfonamides is 2. The minimum Gasteiger partial charge on any atom is -0.371 e. The maximum Gasteiger partial charge on any atom is 0.218 e. The molecule has 7 nitrogen and oxygen atoms in total. The minimum absolute atomic E-state index is 0.229. The van der Waals surface area contributed by atoms with E-state index in [1.54, 1.807) is 14.1 Å². The highest BCUT2D eigenvalue weighted by Crippen LogP contribution is 2.29. The number of nitrogens with zero attached hydrogens (tertiary/aromatic N) is 2. The fourth-order valence-corrected chi connectivity index (χ4v) is 7.48. The quantitative estimate of drug-likeness (QED) is 0.529. The molecular formula is C25H37N3O4S2. The average molecular weight is 508 g/mol. The SMILES string of the molecule is CC(C)CC(c1ccccc1)S(=O)(=O)NCc1ccc(N2CCC(S(=O)(=O)N(C)C)CC2)cc1. The Labute approximate surface area is 205 Å². The molecule has 188 valence electrons. The zero-order valence-electron chi connectivity index (χ0n) is 20.5. The van der Waals surface area contributed by atoms with Crippen LogP contribution in [0.4, 0.5) is 5.69 Å². The Balaban J connectivity index is 1.61. The third kappa shape index (κ3) is 6.59. The van der Waals surface area contributed by atoms with Crippen LogP contribution >= 0.6 is 0 Å². The van der Waals surface area contributed by atoms with E-state index >= 15 is 0 Å². The summed E-state index contributed by atoms with van der Waals surface area (Å²) in [5.74, 6) is 0.248. The summed E-state index contributed by atoms with van der Waals surface area (Å²) in [6.45, 7) is 5.65. The first-order chi connectivity index (χ1) is 16.0. The molecule has 0 bridgehead atoms. The molecule has 2 aromatic carbocycles. The summed E-state index contributed by atoms with van der Waals surface area (Å²) in [5.41, 5.74) is 2.71. The summed E-state index contributed by atoms with van der Waals surface area (Å²) in [4.78, 5) is 2.18. The van der Waals surface area contributed by atoms with E-state index in [9.17, 15) is 16.8 Å². The summed E-state index contributed by atoms with van der Waals surface area (Å²) < 4.78 is 55.1. The Kier molecular flexibility index (Phi) is 8.78. The highest BCUT2D eigenvalue weighted by atomic mass is 32.2. The van der Waals surface area contributed by atoms with Gasteiger partial charge in [0.05, 0.1) is 5.25 Å². The van der Waals surface area contributed by atoms with E-state index in [0.29, 0.717) is 32.4 Å². The average Bonchev–Trinajstić information content (AvgIpc) is 2.82. The van der Waals surface area contributed by atoms with Crippen LogP contribution in [0.25, 0.3) is 0 Å². The molecule has 0 aromatic heterocycles. The van der Waals surface area contributed by atoms with Gasteiger partial charge in [-0.05, 0) is 48.4 Å². The van der Waals surface area contributed by atoms with Crippen molar-refractivity contribution in [3.8, 4) is 0 Å². The molecule has 0 spiro atoms. The highest BCUT2D eigenvalue weighted by molar-refractivity contribution is 7.90. The summed E-state index contributed by atoms with van der Waals surface area (Å²) in [6.07, 6.45) is 1.75. The number of hydrogen-bond donors (Lipinski definition) is 1. The molecular weight excluding hydrogens is 470 g/mol. The second-order valence-corrected chi connectivity index (χ2v) is 13.9. The van der Waals surface area contributed by atoms with Gasteiger partial charge >= 0.3 is 0 Å². The smallest absolute Gasteiger partial charge is 0.218 e. The fraction of sp³-hybridized carbons (Fsp3) is 0.520. The van der Waals surface area contributed by atoms with Gasteiger partial charge in [0, 0.05) is 39.4 Å². The van der Waals surface area contributed by atoms with E-state index in [2.05, 4.69) is 9.62 Å². The Morgan fingerprint density at radius 3 is 2.06 bits per heavy atom. The van der Waals surface area contributed by atoms with E-state index in [4.69, 9.17) is 0 Å². The van der Waals surface area contributed by atoms with Gasteiger partial charge in [-0.2, -0.15) is 0 Å². The molecule has 1 fully saturated rings. The molecule has 2 aromatic rings. The fourth-order valence-electron chi connectivity index (χ4n) is 4.36. The van der Waals surface area contributed by atoms with Gasteiger partial charge in [-0.3, -0.25) is 0 Å². The number of piperidine rings is 1. The normalized spacial score (nSPS) is 16.8. The predicted octanol–water partition coefficient (Wildman–Crippen LogP) is 3.75. The first-order valence-electron chi connectivity index (χ1n) is 11.8.